The molecule has 3 nitrogen and oxygen atoms in total. The van der Waals surface area contributed by atoms with Crippen LogP contribution in [0.2, 0.25) is 5.15 Å². The van der Waals surface area contributed by atoms with Gasteiger partial charge in [-0.2, -0.15) is 0 Å². The Bertz CT molecular complexity index is 706. The molecule has 1 N–H and O–H groups in total. The third-order valence-electron chi connectivity index (χ3n) is 2.78. The van der Waals surface area contributed by atoms with Crippen molar-refractivity contribution in [1.29, 1.82) is 0 Å². The van der Waals surface area contributed by atoms with Crippen LogP contribution in [-0.2, 0) is 5.75 Å². The highest BCUT2D eigenvalue weighted by Crippen LogP contribution is 2.23. The maximum Gasteiger partial charge on any atom is 0.166 e. The fourth-order valence-electron chi connectivity index (χ4n) is 1.81. The van der Waals surface area contributed by atoms with Crippen LogP contribution in [-0.4, -0.2) is 15.0 Å². The zero-order valence-electron chi connectivity index (χ0n) is 10.4. The Morgan fingerprint density at radius 3 is 2.95 bits per heavy atom. The van der Waals surface area contributed by atoms with Gasteiger partial charge in [0.05, 0.1) is 11.0 Å². The van der Waals surface area contributed by atoms with Crippen molar-refractivity contribution in [3.63, 3.8) is 0 Å². The van der Waals surface area contributed by atoms with E-state index in [4.69, 9.17) is 11.6 Å². The first-order valence-corrected chi connectivity index (χ1v) is 7.27. The molecular formula is C14H12ClN3S. The summed E-state index contributed by atoms with van der Waals surface area (Å²) in [5, 5.41) is 1.45. The third-order valence-corrected chi connectivity index (χ3v) is 3.95. The molecular weight excluding hydrogens is 278 g/mol. The molecule has 0 saturated carbocycles. The number of rotatable bonds is 3. The van der Waals surface area contributed by atoms with Crippen molar-refractivity contribution >= 4 is 34.4 Å². The molecule has 3 rings (SSSR count). The Kier molecular flexibility index (Phi) is 3.44. The van der Waals surface area contributed by atoms with Crippen LogP contribution in [0, 0.1) is 6.92 Å². The largest absolute Gasteiger partial charge is 0.333 e. The van der Waals surface area contributed by atoms with E-state index in [1.165, 1.54) is 5.56 Å². The van der Waals surface area contributed by atoms with Gasteiger partial charge in [-0.25, -0.2) is 9.97 Å². The second-order valence-electron chi connectivity index (χ2n) is 4.34. The molecule has 0 bridgehead atoms. The van der Waals surface area contributed by atoms with Crippen LogP contribution in [0.25, 0.3) is 11.0 Å². The molecule has 0 aliphatic rings. The van der Waals surface area contributed by atoms with Gasteiger partial charge in [-0.1, -0.05) is 35.5 Å². The number of pyridine rings is 1. The summed E-state index contributed by atoms with van der Waals surface area (Å²) >= 11 is 7.42. The molecule has 0 aliphatic heterocycles. The highest BCUT2D eigenvalue weighted by Gasteiger charge is 2.04. The first kappa shape index (κ1) is 12.5. The Labute approximate surface area is 120 Å². The minimum atomic E-state index is 0.521. The molecule has 2 aromatic heterocycles. The summed E-state index contributed by atoms with van der Waals surface area (Å²) in [6.07, 6.45) is 1.79. The number of thioether (sulfide) groups is 1. The van der Waals surface area contributed by atoms with Crippen molar-refractivity contribution in [3.8, 4) is 0 Å². The summed E-state index contributed by atoms with van der Waals surface area (Å²) in [6, 6.07) is 10.0. The van der Waals surface area contributed by atoms with Gasteiger partial charge in [0.15, 0.2) is 5.16 Å². The van der Waals surface area contributed by atoms with E-state index in [9.17, 15) is 0 Å². The molecule has 96 valence electrons. The lowest BCUT2D eigenvalue weighted by Crippen LogP contribution is -1.83. The van der Waals surface area contributed by atoms with Crippen molar-refractivity contribution in [1.82, 2.24) is 15.0 Å². The quantitative estimate of drug-likeness (QED) is 0.580. The highest BCUT2D eigenvalue weighted by atomic mass is 35.5. The number of H-pyrrole nitrogens is 1. The zero-order valence-corrected chi connectivity index (χ0v) is 11.9. The molecule has 0 saturated heterocycles. The van der Waals surface area contributed by atoms with E-state index in [1.54, 1.807) is 24.0 Å². The zero-order chi connectivity index (χ0) is 13.2. The fraction of sp³-hybridized carbons (Fsp3) is 0.143. The van der Waals surface area contributed by atoms with E-state index >= 15 is 0 Å². The molecule has 0 unspecified atom stereocenters. The maximum absolute atomic E-state index is 5.76. The van der Waals surface area contributed by atoms with Crippen LogP contribution in [0.4, 0.5) is 0 Å². The van der Waals surface area contributed by atoms with Crippen LogP contribution in [0.5, 0.6) is 0 Å². The average Bonchev–Trinajstić information content (AvgIpc) is 2.80. The summed E-state index contributed by atoms with van der Waals surface area (Å²) in [6.45, 7) is 2.08. The van der Waals surface area contributed by atoms with Crippen LogP contribution in [0.15, 0.2) is 41.7 Å². The number of aromatic amines is 1. The molecule has 0 spiro atoms. The van der Waals surface area contributed by atoms with E-state index in [0.29, 0.717) is 5.15 Å². The number of aryl methyl sites for hydroxylation is 1. The van der Waals surface area contributed by atoms with Crippen molar-refractivity contribution < 1.29 is 0 Å². The van der Waals surface area contributed by atoms with Crippen LogP contribution < -0.4 is 0 Å². The predicted octanol–water partition coefficient (Wildman–Crippen LogP) is 4.21. The third kappa shape index (κ3) is 2.91. The highest BCUT2D eigenvalue weighted by molar-refractivity contribution is 7.98. The van der Waals surface area contributed by atoms with E-state index < -0.39 is 0 Å². The number of benzene rings is 1. The summed E-state index contributed by atoms with van der Waals surface area (Å²) in [5.74, 6) is 0.822. The van der Waals surface area contributed by atoms with Gasteiger partial charge in [-0.05, 0) is 36.2 Å². The monoisotopic (exact) mass is 289 g/mol. The lowest BCUT2D eigenvalue weighted by molar-refractivity contribution is 1.08. The van der Waals surface area contributed by atoms with Crippen molar-refractivity contribution in [2.24, 2.45) is 0 Å². The summed E-state index contributed by atoms with van der Waals surface area (Å²) < 4.78 is 0. The minimum Gasteiger partial charge on any atom is -0.333 e. The summed E-state index contributed by atoms with van der Waals surface area (Å²) in [5.41, 5.74) is 4.44. The number of hydrogen-bond donors (Lipinski definition) is 1. The predicted molar refractivity (Wildman–Crippen MR) is 79.6 cm³/mol. The molecule has 3 aromatic rings. The number of nitrogens with one attached hydrogen (secondary N) is 1. The number of imidazole rings is 1. The smallest absolute Gasteiger partial charge is 0.166 e. The Morgan fingerprint density at radius 2 is 2.16 bits per heavy atom. The molecule has 0 atom stereocenters. The van der Waals surface area contributed by atoms with Crippen molar-refractivity contribution in [2.45, 2.75) is 17.8 Å². The summed E-state index contributed by atoms with van der Waals surface area (Å²) in [7, 11) is 0. The van der Waals surface area contributed by atoms with Gasteiger partial charge < -0.3 is 4.98 Å². The van der Waals surface area contributed by atoms with Gasteiger partial charge in [-0.3, -0.25) is 0 Å². The topological polar surface area (TPSA) is 41.6 Å². The molecule has 0 amide bonds. The first-order chi connectivity index (χ1) is 9.20. The van der Waals surface area contributed by atoms with E-state index in [2.05, 4.69) is 34.0 Å². The normalized spacial score (nSPS) is 11.1. The standard InChI is InChI=1S/C14H12ClN3S/c1-9-2-4-11-12(6-9)18-14(17-11)19-8-10-3-5-13(15)16-7-10/h2-7H,8H2,1H3,(H,17,18). The van der Waals surface area contributed by atoms with Gasteiger partial charge >= 0.3 is 0 Å². The van der Waals surface area contributed by atoms with Gasteiger partial charge in [0.1, 0.15) is 5.15 Å². The number of halogens is 1. The van der Waals surface area contributed by atoms with Crippen LogP contribution in [0.3, 0.4) is 0 Å². The Morgan fingerprint density at radius 1 is 1.26 bits per heavy atom. The van der Waals surface area contributed by atoms with Crippen LogP contribution >= 0.6 is 23.4 Å². The fourth-order valence-corrected chi connectivity index (χ4v) is 2.74. The lowest BCUT2D eigenvalue weighted by atomic mass is 10.2. The van der Waals surface area contributed by atoms with Crippen LogP contribution in [0.1, 0.15) is 11.1 Å². The Hall–Kier alpha value is -1.52. The van der Waals surface area contributed by atoms with E-state index in [-0.39, 0.29) is 0 Å². The lowest BCUT2D eigenvalue weighted by Gasteiger charge is -1.98. The molecule has 0 radical (unpaired) electrons. The van der Waals surface area contributed by atoms with Crippen molar-refractivity contribution in [2.75, 3.05) is 0 Å². The number of hydrogen-bond acceptors (Lipinski definition) is 3. The molecule has 1 aromatic carbocycles. The molecule has 0 fully saturated rings. The first-order valence-electron chi connectivity index (χ1n) is 5.90. The molecule has 19 heavy (non-hydrogen) atoms. The molecule has 5 heteroatoms. The molecule has 2 heterocycles. The van der Waals surface area contributed by atoms with Gasteiger partial charge in [0.2, 0.25) is 0 Å². The van der Waals surface area contributed by atoms with Gasteiger partial charge in [0.25, 0.3) is 0 Å². The molecule has 0 aliphatic carbocycles. The average molecular weight is 290 g/mol. The maximum atomic E-state index is 5.76. The number of aromatic nitrogens is 3. The minimum absolute atomic E-state index is 0.521. The van der Waals surface area contributed by atoms with Gasteiger partial charge in [0, 0.05) is 11.9 Å². The summed E-state index contributed by atoms with van der Waals surface area (Å²) in [4.78, 5) is 11.9. The van der Waals surface area contributed by atoms with Crippen molar-refractivity contribution in [3.05, 3.63) is 52.8 Å². The SMILES string of the molecule is Cc1ccc2nc(SCc3ccc(Cl)nc3)[nH]c2c1. The number of nitrogens with zero attached hydrogens (tertiary/aromatic N) is 2. The van der Waals surface area contributed by atoms with Gasteiger partial charge in [-0.15, -0.1) is 0 Å². The second-order valence-corrected chi connectivity index (χ2v) is 5.69. The van der Waals surface area contributed by atoms with E-state index in [0.717, 1.165) is 27.5 Å². The second kappa shape index (κ2) is 5.23. The Balaban J connectivity index is 1.76. The van der Waals surface area contributed by atoms with E-state index in [1.807, 2.05) is 12.1 Å². The number of fused-ring (bicyclic) bond motifs is 1.